The highest BCUT2D eigenvalue weighted by Gasteiger charge is 2.26. The summed E-state index contributed by atoms with van der Waals surface area (Å²) < 4.78 is 26.9. The van der Waals surface area contributed by atoms with Crippen LogP contribution < -0.4 is 5.73 Å². The van der Waals surface area contributed by atoms with Crippen LogP contribution >= 0.6 is 0 Å². The number of fused-ring (bicyclic) bond motifs is 1. The lowest BCUT2D eigenvalue weighted by molar-refractivity contribution is 0.321. The molecule has 0 amide bonds. The van der Waals surface area contributed by atoms with Crippen LogP contribution in [0.25, 0.3) is 5.65 Å². The summed E-state index contributed by atoms with van der Waals surface area (Å²) in [7, 11) is -3.08. The molecule has 2 N–H and O–H groups in total. The van der Waals surface area contributed by atoms with E-state index in [0.29, 0.717) is 25.6 Å². The first-order valence-corrected chi connectivity index (χ1v) is 9.93. The van der Waals surface area contributed by atoms with Crippen LogP contribution in [0.5, 0.6) is 0 Å². The molecule has 0 radical (unpaired) electrons. The molecule has 0 aromatic carbocycles. The SMILES string of the molecule is CCc1nc2ccc(C3CCN(S(C)(=O)=O)CC3)cn2c1CN. The second kappa shape index (κ2) is 6.22. The van der Waals surface area contributed by atoms with Crippen molar-refractivity contribution in [1.29, 1.82) is 0 Å². The standard InChI is InChI=1S/C16H24N4O2S/c1-3-14-15(10-17)20-11-13(4-5-16(20)18-14)12-6-8-19(9-7-12)23(2,21)22/h4-5,11-12H,3,6-10,17H2,1-2H3. The Morgan fingerprint density at radius 1 is 1.30 bits per heavy atom. The molecule has 0 unspecified atom stereocenters. The molecule has 7 heteroatoms. The molecule has 1 fully saturated rings. The molecule has 2 aromatic rings. The Labute approximate surface area is 137 Å². The number of piperidine rings is 1. The van der Waals surface area contributed by atoms with Gasteiger partial charge in [0, 0.05) is 25.8 Å². The predicted molar refractivity (Wildman–Crippen MR) is 90.9 cm³/mol. The number of nitrogens with zero attached hydrogens (tertiary/aromatic N) is 3. The van der Waals surface area contributed by atoms with Gasteiger partial charge in [0.05, 0.1) is 17.6 Å². The summed E-state index contributed by atoms with van der Waals surface area (Å²) >= 11 is 0. The number of hydrogen-bond acceptors (Lipinski definition) is 4. The van der Waals surface area contributed by atoms with Gasteiger partial charge in [-0.1, -0.05) is 13.0 Å². The average molecular weight is 336 g/mol. The van der Waals surface area contributed by atoms with E-state index < -0.39 is 10.0 Å². The minimum Gasteiger partial charge on any atom is -0.325 e. The van der Waals surface area contributed by atoms with E-state index in [1.165, 1.54) is 11.8 Å². The van der Waals surface area contributed by atoms with E-state index in [4.69, 9.17) is 5.73 Å². The zero-order chi connectivity index (χ0) is 16.6. The zero-order valence-corrected chi connectivity index (χ0v) is 14.5. The highest BCUT2D eigenvalue weighted by molar-refractivity contribution is 7.88. The van der Waals surface area contributed by atoms with Gasteiger partial charge in [-0.25, -0.2) is 17.7 Å². The molecule has 0 bridgehead atoms. The van der Waals surface area contributed by atoms with Gasteiger partial charge in [-0.15, -0.1) is 0 Å². The number of rotatable bonds is 4. The summed E-state index contributed by atoms with van der Waals surface area (Å²) in [5, 5.41) is 0. The smallest absolute Gasteiger partial charge is 0.211 e. The number of nitrogens with two attached hydrogens (primary N) is 1. The van der Waals surface area contributed by atoms with E-state index in [2.05, 4.69) is 28.6 Å². The Kier molecular flexibility index (Phi) is 4.44. The van der Waals surface area contributed by atoms with Gasteiger partial charge in [-0.3, -0.25) is 0 Å². The van der Waals surface area contributed by atoms with Gasteiger partial charge in [-0.2, -0.15) is 0 Å². The lowest BCUT2D eigenvalue weighted by Crippen LogP contribution is -2.37. The second-order valence-electron chi connectivity index (χ2n) is 6.19. The van der Waals surface area contributed by atoms with Crippen molar-refractivity contribution in [3.8, 4) is 0 Å². The number of hydrogen-bond donors (Lipinski definition) is 1. The van der Waals surface area contributed by atoms with Crippen molar-refractivity contribution in [2.45, 2.75) is 38.6 Å². The van der Waals surface area contributed by atoms with E-state index in [0.717, 1.165) is 36.3 Å². The highest BCUT2D eigenvalue weighted by Crippen LogP contribution is 2.29. The van der Waals surface area contributed by atoms with Crippen LogP contribution in [0.3, 0.4) is 0 Å². The van der Waals surface area contributed by atoms with E-state index in [-0.39, 0.29) is 0 Å². The first kappa shape index (κ1) is 16.4. The van der Waals surface area contributed by atoms with Gasteiger partial charge in [0.25, 0.3) is 0 Å². The molecule has 1 aliphatic heterocycles. The van der Waals surface area contributed by atoms with Crippen LogP contribution in [-0.2, 0) is 23.0 Å². The molecule has 0 spiro atoms. The minimum atomic E-state index is -3.08. The number of aromatic nitrogens is 2. The van der Waals surface area contributed by atoms with Gasteiger partial charge < -0.3 is 10.1 Å². The van der Waals surface area contributed by atoms with Crippen molar-refractivity contribution in [1.82, 2.24) is 13.7 Å². The fourth-order valence-corrected chi connectivity index (χ4v) is 4.29. The molecule has 1 saturated heterocycles. The van der Waals surface area contributed by atoms with Crippen LogP contribution in [-0.4, -0.2) is 41.5 Å². The van der Waals surface area contributed by atoms with Crippen molar-refractivity contribution in [3.63, 3.8) is 0 Å². The lowest BCUT2D eigenvalue weighted by Gasteiger charge is -2.30. The van der Waals surface area contributed by atoms with Gasteiger partial charge >= 0.3 is 0 Å². The molecule has 23 heavy (non-hydrogen) atoms. The van der Waals surface area contributed by atoms with Crippen molar-refractivity contribution in [2.75, 3.05) is 19.3 Å². The average Bonchev–Trinajstić information content (AvgIpc) is 2.90. The third-order valence-corrected chi connectivity index (χ3v) is 6.05. The fourth-order valence-electron chi connectivity index (χ4n) is 3.42. The zero-order valence-electron chi connectivity index (χ0n) is 13.7. The van der Waals surface area contributed by atoms with E-state index in [1.807, 2.05) is 6.07 Å². The van der Waals surface area contributed by atoms with Crippen LogP contribution in [0.1, 0.15) is 42.6 Å². The molecule has 0 saturated carbocycles. The van der Waals surface area contributed by atoms with Gasteiger partial charge in [-0.05, 0) is 36.8 Å². The minimum absolute atomic E-state index is 0.385. The maximum absolute atomic E-state index is 11.6. The second-order valence-corrected chi connectivity index (χ2v) is 8.17. The Morgan fingerprint density at radius 3 is 2.57 bits per heavy atom. The third-order valence-electron chi connectivity index (χ3n) is 4.75. The van der Waals surface area contributed by atoms with Gasteiger partial charge in [0.1, 0.15) is 5.65 Å². The number of aryl methyl sites for hydroxylation is 1. The topological polar surface area (TPSA) is 80.7 Å². The monoisotopic (exact) mass is 336 g/mol. The molecule has 0 atom stereocenters. The van der Waals surface area contributed by atoms with Crippen molar-refractivity contribution < 1.29 is 8.42 Å². The normalized spacial score (nSPS) is 17.9. The molecule has 3 heterocycles. The summed E-state index contributed by atoms with van der Waals surface area (Å²) in [5.74, 6) is 0.385. The quantitative estimate of drug-likeness (QED) is 0.917. The van der Waals surface area contributed by atoms with Crippen LogP contribution in [0.15, 0.2) is 18.3 Å². The Balaban J connectivity index is 1.87. The molecular formula is C16H24N4O2S. The molecule has 1 aliphatic rings. The summed E-state index contributed by atoms with van der Waals surface area (Å²) in [5.41, 5.74) is 10.2. The van der Waals surface area contributed by atoms with Crippen molar-refractivity contribution in [2.24, 2.45) is 5.73 Å². The Bertz CT molecular complexity index is 805. The van der Waals surface area contributed by atoms with Crippen molar-refractivity contribution in [3.05, 3.63) is 35.3 Å². The first-order chi connectivity index (χ1) is 10.9. The van der Waals surface area contributed by atoms with Crippen LogP contribution in [0.4, 0.5) is 0 Å². The summed E-state index contributed by atoms with van der Waals surface area (Å²) in [6.45, 7) is 3.74. The Morgan fingerprint density at radius 2 is 2.00 bits per heavy atom. The molecule has 3 rings (SSSR count). The molecule has 0 aliphatic carbocycles. The fraction of sp³-hybridized carbons (Fsp3) is 0.562. The van der Waals surface area contributed by atoms with E-state index >= 15 is 0 Å². The molecular weight excluding hydrogens is 312 g/mol. The van der Waals surface area contributed by atoms with Crippen LogP contribution in [0.2, 0.25) is 0 Å². The van der Waals surface area contributed by atoms with Crippen LogP contribution in [0, 0.1) is 0 Å². The maximum Gasteiger partial charge on any atom is 0.211 e. The number of pyridine rings is 1. The number of imidazole rings is 1. The largest absolute Gasteiger partial charge is 0.325 e. The highest BCUT2D eigenvalue weighted by atomic mass is 32.2. The Hall–Kier alpha value is -1.44. The van der Waals surface area contributed by atoms with E-state index in [9.17, 15) is 8.42 Å². The predicted octanol–water partition coefficient (Wildman–Crippen LogP) is 1.49. The first-order valence-electron chi connectivity index (χ1n) is 8.09. The molecule has 126 valence electrons. The van der Waals surface area contributed by atoms with Gasteiger partial charge in [0.15, 0.2) is 0 Å². The number of sulfonamides is 1. The summed E-state index contributed by atoms with van der Waals surface area (Å²) in [6, 6.07) is 4.15. The van der Waals surface area contributed by atoms with Gasteiger partial charge in [0.2, 0.25) is 10.0 Å². The van der Waals surface area contributed by atoms with Crippen molar-refractivity contribution >= 4 is 15.7 Å². The molecule has 6 nitrogen and oxygen atoms in total. The summed E-state index contributed by atoms with van der Waals surface area (Å²) in [6.07, 6.45) is 5.99. The van der Waals surface area contributed by atoms with E-state index in [1.54, 1.807) is 4.31 Å². The molecule has 2 aromatic heterocycles. The lowest BCUT2D eigenvalue weighted by atomic mass is 9.91. The maximum atomic E-state index is 11.6. The third kappa shape index (κ3) is 3.13. The summed E-state index contributed by atoms with van der Waals surface area (Å²) in [4.78, 5) is 4.63.